The number of furan rings is 1. The third-order valence-corrected chi connectivity index (χ3v) is 7.38. The van der Waals surface area contributed by atoms with Crippen LogP contribution >= 0.6 is 11.6 Å². The molecule has 0 unspecified atom stereocenters. The lowest BCUT2D eigenvalue weighted by atomic mass is 10.1. The lowest BCUT2D eigenvalue weighted by Crippen LogP contribution is -2.30. The van der Waals surface area contributed by atoms with Crippen molar-refractivity contribution in [3.05, 3.63) is 118 Å². The first-order valence-corrected chi connectivity index (χ1v) is 12.6. The van der Waals surface area contributed by atoms with E-state index in [1.54, 1.807) is 66.9 Å². The number of hydrogen-bond donors (Lipinski definition) is 0. The van der Waals surface area contributed by atoms with Crippen LogP contribution in [0.2, 0.25) is 5.02 Å². The van der Waals surface area contributed by atoms with E-state index in [0.717, 1.165) is 22.4 Å². The van der Waals surface area contributed by atoms with Gasteiger partial charge in [0.25, 0.3) is 0 Å². The molecule has 0 N–H and O–H groups in total. The highest BCUT2D eigenvalue weighted by atomic mass is 35.5. The molecule has 0 spiro atoms. The molecule has 3 aromatic carbocycles. The smallest absolute Gasteiger partial charge is 0.243 e. The van der Waals surface area contributed by atoms with Crippen molar-refractivity contribution in [3.8, 4) is 0 Å². The van der Waals surface area contributed by atoms with Crippen molar-refractivity contribution < 1.29 is 12.8 Å². The molecule has 1 heterocycles. The molecule has 0 saturated carbocycles. The van der Waals surface area contributed by atoms with Gasteiger partial charge in [-0.3, -0.25) is 4.99 Å². The Hall–Kier alpha value is -3.19. The van der Waals surface area contributed by atoms with Gasteiger partial charge in [0.05, 0.1) is 23.3 Å². The quantitative estimate of drug-likeness (QED) is 0.257. The Morgan fingerprint density at radius 1 is 0.824 bits per heavy atom. The molecule has 0 atom stereocenters. The van der Waals surface area contributed by atoms with E-state index in [0.29, 0.717) is 16.5 Å². The number of halogens is 1. The monoisotopic (exact) mass is 492 g/mol. The number of benzene rings is 3. The van der Waals surface area contributed by atoms with Gasteiger partial charge in [0.15, 0.2) is 0 Å². The second kappa shape index (κ2) is 10.4. The predicted molar refractivity (Wildman–Crippen MR) is 136 cm³/mol. The first kappa shape index (κ1) is 24.0. The van der Waals surface area contributed by atoms with E-state index in [4.69, 9.17) is 16.0 Å². The maximum Gasteiger partial charge on any atom is 0.243 e. The molecule has 4 aromatic rings. The normalized spacial score (nSPS) is 12.0. The summed E-state index contributed by atoms with van der Waals surface area (Å²) in [6.45, 7) is 4.25. The molecule has 0 radical (unpaired) electrons. The van der Waals surface area contributed by atoms with E-state index in [2.05, 4.69) is 4.99 Å². The van der Waals surface area contributed by atoms with Crippen molar-refractivity contribution in [3.63, 3.8) is 0 Å². The first-order chi connectivity index (χ1) is 16.3. The molecule has 0 bridgehead atoms. The summed E-state index contributed by atoms with van der Waals surface area (Å²) in [5, 5.41) is 0.641. The van der Waals surface area contributed by atoms with Gasteiger partial charge < -0.3 is 4.42 Å². The fourth-order valence-corrected chi connectivity index (χ4v) is 4.89. The highest BCUT2D eigenvalue weighted by molar-refractivity contribution is 7.89. The molecule has 34 heavy (non-hydrogen) atoms. The van der Waals surface area contributed by atoms with E-state index in [9.17, 15) is 8.42 Å². The molecule has 174 valence electrons. The van der Waals surface area contributed by atoms with Gasteiger partial charge in [0.2, 0.25) is 10.0 Å². The van der Waals surface area contributed by atoms with Crippen molar-refractivity contribution in [2.45, 2.75) is 31.8 Å². The second-order valence-corrected chi connectivity index (χ2v) is 10.5. The van der Waals surface area contributed by atoms with Gasteiger partial charge in [-0.25, -0.2) is 8.42 Å². The zero-order valence-electron chi connectivity index (χ0n) is 19.0. The third kappa shape index (κ3) is 6.03. The third-order valence-electron chi connectivity index (χ3n) is 5.32. The fraction of sp³-hybridized carbons (Fsp3) is 0.148. The van der Waals surface area contributed by atoms with Crippen molar-refractivity contribution >= 4 is 33.5 Å². The Kier molecular flexibility index (Phi) is 7.32. The van der Waals surface area contributed by atoms with Gasteiger partial charge >= 0.3 is 0 Å². The Morgan fingerprint density at radius 3 is 2.09 bits per heavy atom. The molecular formula is C27H25ClN2O3S. The van der Waals surface area contributed by atoms with Crippen LogP contribution in [0.1, 0.15) is 28.2 Å². The van der Waals surface area contributed by atoms with Crippen molar-refractivity contribution in [2.75, 3.05) is 0 Å². The molecule has 0 aliphatic carbocycles. The average molecular weight is 493 g/mol. The lowest BCUT2D eigenvalue weighted by Gasteiger charge is -2.21. The van der Waals surface area contributed by atoms with Crippen LogP contribution in [0, 0.1) is 13.8 Å². The molecule has 5 nitrogen and oxygen atoms in total. The number of sulfonamides is 1. The molecule has 0 fully saturated rings. The summed E-state index contributed by atoms with van der Waals surface area (Å²) in [4.78, 5) is 4.63. The minimum absolute atomic E-state index is 0.0961. The highest BCUT2D eigenvalue weighted by Gasteiger charge is 2.26. The van der Waals surface area contributed by atoms with Crippen LogP contribution in [-0.2, 0) is 23.1 Å². The topological polar surface area (TPSA) is 62.9 Å². The minimum atomic E-state index is -3.75. The highest BCUT2D eigenvalue weighted by Crippen LogP contribution is 2.23. The lowest BCUT2D eigenvalue weighted by molar-refractivity contribution is 0.357. The van der Waals surface area contributed by atoms with Crippen molar-refractivity contribution in [1.82, 2.24) is 4.31 Å². The van der Waals surface area contributed by atoms with Crippen LogP contribution in [0.5, 0.6) is 0 Å². The predicted octanol–water partition coefficient (Wildman–Crippen LogP) is 6.69. The molecule has 0 saturated heterocycles. The van der Waals surface area contributed by atoms with Gasteiger partial charge in [-0.2, -0.15) is 4.31 Å². The molecule has 1 aromatic heterocycles. The first-order valence-electron chi connectivity index (χ1n) is 10.8. The Morgan fingerprint density at radius 2 is 1.44 bits per heavy atom. The van der Waals surface area contributed by atoms with Crippen LogP contribution in [0.3, 0.4) is 0 Å². The molecule has 4 rings (SSSR count). The van der Waals surface area contributed by atoms with E-state index in [1.165, 1.54) is 4.31 Å². The number of hydrogen-bond acceptors (Lipinski definition) is 4. The largest absolute Gasteiger partial charge is 0.459 e. The Balaban J connectivity index is 1.58. The van der Waals surface area contributed by atoms with E-state index >= 15 is 0 Å². The molecule has 0 aliphatic heterocycles. The summed E-state index contributed by atoms with van der Waals surface area (Å²) in [5.41, 5.74) is 3.76. The number of rotatable bonds is 8. The van der Waals surface area contributed by atoms with E-state index < -0.39 is 10.0 Å². The number of aryl methyl sites for hydroxylation is 2. The summed E-state index contributed by atoms with van der Waals surface area (Å²) in [6, 6.07) is 25.4. The van der Waals surface area contributed by atoms with Gasteiger partial charge in [-0.1, -0.05) is 59.1 Å². The van der Waals surface area contributed by atoms with Crippen LogP contribution in [0.15, 0.2) is 99.2 Å². The van der Waals surface area contributed by atoms with E-state index in [-0.39, 0.29) is 18.0 Å². The number of nitrogens with zero attached hydrogens (tertiary/aromatic N) is 2. The van der Waals surface area contributed by atoms with Gasteiger partial charge in [-0.15, -0.1) is 0 Å². The summed E-state index contributed by atoms with van der Waals surface area (Å²) in [7, 11) is -3.75. The molecule has 0 aliphatic rings. The van der Waals surface area contributed by atoms with Gasteiger partial charge in [-0.05, 0) is 67.9 Å². The van der Waals surface area contributed by atoms with Crippen LogP contribution in [0.4, 0.5) is 5.69 Å². The maximum atomic E-state index is 13.5. The number of aliphatic imine (C=N–C) groups is 1. The molecular weight excluding hydrogens is 468 g/mol. The standard InChI is InChI=1S/C27H25ClN2O3S/c1-20-3-7-22(8-4-20)18-30(34(31,32)27-15-5-21(2)6-16-27)19-26-14-13-25(33-26)17-29-24-11-9-23(28)10-12-24/h3-17H,18-19H2,1-2H3. The molecule has 0 amide bonds. The fourth-order valence-electron chi connectivity index (χ4n) is 3.37. The SMILES string of the molecule is Cc1ccc(CN(Cc2ccc(C=Nc3ccc(Cl)cc3)o2)S(=O)(=O)c2ccc(C)cc2)cc1. The maximum absolute atomic E-state index is 13.5. The average Bonchev–Trinajstić information content (AvgIpc) is 3.27. The van der Waals surface area contributed by atoms with Crippen LogP contribution in [0.25, 0.3) is 0 Å². The van der Waals surface area contributed by atoms with E-state index in [1.807, 2.05) is 38.1 Å². The zero-order chi connectivity index (χ0) is 24.1. The van der Waals surface area contributed by atoms with Gasteiger partial charge in [0.1, 0.15) is 11.5 Å². The van der Waals surface area contributed by atoms with Crippen LogP contribution in [-0.4, -0.2) is 18.9 Å². The molecule has 7 heteroatoms. The summed E-state index contributed by atoms with van der Waals surface area (Å²) < 4.78 is 34.3. The summed E-state index contributed by atoms with van der Waals surface area (Å²) in [5.74, 6) is 1.06. The van der Waals surface area contributed by atoms with Crippen molar-refractivity contribution in [2.24, 2.45) is 4.99 Å². The minimum Gasteiger partial charge on any atom is -0.459 e. The summed E-state index contributed by atoms with van der Waals surface area (Å²) in [6.07, 6.45) is 1.60. The Bertz CT molecular complexity index is 1380. The second-order valence-electron chi connectivity index (χ2n) is 8.11. The van der Waals surface area contributed by atoms with Crippen LogP contribution < -0.4 is 0 Å². The zero-order valence-corrected chi connectivity index (χ0v) is 20.6. The Labute approximate surface area is 205 Å². The summed E-state index contributed by atoms with van der Waals surface area (Å²) >= 11 is 5.91. The van der Waals surface area contributed by atoms with Gasteiger partial charge in [0, 0.05) is 11.6 Å². The van der Waals surface area contributed by atoms with Crippen molar-refractivity contribution in [1.29, 1.82) is 0 Å².